The van der Waals surface area contributed by atoms with Crippen LogP contribution >= 0.6 is 54.5 Å². The highest BCUT2D eigenvalue weighted by molar-refractivity contribution is 14.1. The van der Waals surface area contributed by atoms with Crippen LogP contribution in [-0.4, -0.2) is 21.6 Å². The summed E-state index contributed by atoms with van der Waals surface area (Å²) in [5.74, 6) is 0. The molecule has 0 atom stereocenters. The number of halogens is 3. The second kappa shape index (κ2) is 12.7. The van der Waals surface area contributed by atoms with E-state index < -0.39 is 0 Å². The number of hydrogen-bond donors (Lipinski definition) is 2. The van der Waals surface area contributed by atoms with Gasteiger partial charge in [-0.3, -0.25) is 9.98 Å². The summed E-state index contributed by atoms with van der Waals surface area (Å²) >= 11 is 9.44. The number of nitriles is 1. The summed E-state index contributed by atoms with van der Waals surface area (Å²) in [6.07, 6.45) is 1.51. The summed E-state index contributed by atoms with van der Waals surface area (Å²) in [6, 6.07) is 22.1. The number of hydrogen-bond acceptors (Lipinski definition) is 5. The van der Waals surface area contributed by atoms with Gasteiger partial charge in [-0.25, -0.2) is 0 Å². The molecule has 8 heteroatoms. The van der Waals surface area contributed by atoms with E-state index >= 15 is 0 Å². The fourth-order valence-electron chi connectivity index (χ4n) is 5.09. The first-order valence-electron chi connectivity index (χ1n) is 13.0. The molecular formula is C33H26Br2IN3O2. The van der Waals surface area contributed by atoms with Gasteiger partial charge in [0.2, 0.25) is 0 Å². The van der Waals surface area contributed by atoms with Gasteiger partial charge in [0.1, 0.15) is 0 Å². The van der Waals surface area contributed by atoms with E-state index in [-0.39, 0.29) is 13.2 Å². The zero-order chi connectivity index (χ0) is 29.3. The molecule has 0 aliphatic carbocycles. The van der Waals surface area contributed by atoms with Gasteiger partial charge in [0.25, 0.3) is 0 Å². The molecule has 0 saturated carbocycles. The van der Waals surface area contributed by atoms with Crippen LogP contribution in [0, 0.1) is 28.7 Å². The van der Waals surface area contributed by atoms with E-state index in [2.05, 4.69) is 91.5 Å². The number of fused-ring (bicyclic) bond motifs is 2. The van der Waals surface area contributed by atoms with E-state index in [1.54, 1.807) is 6.07 Å². The van der Waals surface area contributed by atoms with E-state index in [0.717, 1.165) is 66.0 Å². The summed E-state index contributed by atoms with van der Waals surface area (Å²) < 4.78 is 3.34. The van der Waals surface area contributed by atoms with Crippen molar-refractivity contribution in [1.29, 1.82) is 5.26 Å². The average molecular weight is 783 g/mol. The van der Waals surface area contributed by atoms with Crippen molar-refractivity contribution in [3.63, 3.8) is 0 Å². The lowest BCUT2D eigenvalue weighted by atomic mass is 9.97. The zero-order valence-corrected chi connectivity index (χ0v) is 27.8. The molecule has 0 amide bonds. The van der Waals surface area contributed by atoms with Crippen molar-refractivity contribution in [3.05, 3.63) is 123 Å². The summed E-state index contributed by atoms with van der Waals surface area (Å²) in [6.45, 7) is 4.14. The molecule has 0 aromatic heterocycles. The minimum Gasteiger partial charge on any atom is -0.392 e. The fraction of sp³-hybridized carbons (Fsp3) is 0.182. The van der Waals surface area contributed by atoms with Gasteiger partial charge in [-0.15, -0.1) is 0 Å². The van der Waals surface area contributed by atoms with Gasteiger partial charge in [-0.1, -0.05) is 56.1 Å². The van der Waals surface area contributed by atoms with Crippen LogP contribution in [0.1, 0.15) is 50.1 Å². The summed E-state index contributed by atoms with van der Waals surface area (Å²) in [7, 11) is 0. The van der Waals surface area contributed by atoms with Crippen LogP contribution in [0.5, 0.6) is 0 Å². The van der Waals surface area contributed by atoms with Gasteiger partial charge < -0.3 is 10.2 Å². The molecule has 0 bridgehead atoms. The van der Waals surface area contributed by atoms with Crippen LogP contribution < -0.4 is 0 Å². The molecule has 0 radical (unpaired) electrons. The first-order valence-corrected chi connectivity index (χ1v) is 15.7. The molecule has 6 rings (SSSR count). The molecule has 2 N–H and O–H groups in total. The Morgan fingerprint density at radius 3 is 1.78 bits per heavy atom. The maximum absolute atomic E-state index is 9.30. The summed E-state index contributed by atoms with van der Waals surface area (Å²) in [5, 5.41) is 27.9. The van der Waals surface area contributed by atoms with Gasteiger partial charge in [-0.2, -0.15) is 5.26 Å². The monoisotopic (exact) mass is 781 g/mol. The lowest BCUT2D eigenvalue weighted by Gasteiger charge is -2.07. The van der Waals surface area contributed by atoms with Crippen LogP contribution in [0.4, 0.5) is 11.4 Å². The van der Waals surface area contributed by atoms with E-state index in [0.29, 0.717) is 12.0 Å². The molecule has 41 heavy (non-hydrogen) atoms. The highest BCUT2D eigenvalue weighted by Crippen LogP contribution is 2.36. The number of aliphatic imine (C=N–C) groups is 2. The predicted octanol–water partition coefficient (Wildman–Crippen LogP) is 8.33. The molecule has 0 saturated heterocycles. The Morgan fingerprint density at radius 2 is 1.27 bits per heavy atom. The predicted molar refractivity (Wildman–Crippen MR) is 180 cm³/mol. The van der Waals surface area contributed by atoms with Crippen molar-refractivity contribution in [2.24, 2.45) is 9.98 Å². The maximum Gasteiger partial charge on any atom is 0.0995 e. The molecule has 2 aliphatic rings. The number of nitrogens with zero attached hydrogens (tertiary/aromatic N) is 3. The summed E-state index contributed by atoms with van der Waals surface area (Å²) in [5.41, 5.74) is 13.0. The first kappa shape index (κ1) is 29.8. The Bertz CT molecular complexity index is 1790. The first-order chi connectivity index (χ1) is 19.7. The molecule has 4 aromatic rings. The largest absolute Gasteiger partial charge is 0.392 e. The van der Waals surface area contributed by atoms with Crippen molar-refractivity contribution in [2.75, 3.05) is 0 Å². The molecule has 4 aromatic carbocycles. The molecular weight excluding hydrogens is 757 g/mol. The number of aliphatic hydroxyl groups is 2. The van der Waals surface area contributed by atoms with Gasteiger partial charge >= 0.3 is 0 Å². The third-order valence-corrected chi connectivity index (χ3v) is 10.0. The molecule has 5 nitrogen and oxygen atoms in total. The zero-order valence-electron chi connectivity index (χ0n) is 22.5. The Hall–Kier alpha value is -2.68. The Labute approximate surface area is 270 Å². The number of rotatable bonds is 4. The second-order valence-corrected chi connectivity index (χ2v) is 12.8. The lowest BCUT2D eigenvalue weighted by molar-refractivity contribution is 0.281. The topological polar surface area (TPSA) is 89.0 Å². The summed E-state index contributed by atoms with van der Waals surface area (Å²) in [4.78, 5) is 9.45. The smallest absolute Gasteiger partial charge is 0.0995 e. The van der Waals surface area contributed by atoms with Gasteiger partial charge in [0, 0.05) is 42.0 Å². The molecule has 2 heterocycles. The van der Waals surface area contributed by atoms with E-state index in [4.69, 9.17) is 4.99 Å². The SMILES string of the molecule is Cc1c(Br)cccc1C1=Nc2cc(CO)cc(C#N)c2C1.Cc1c(Br)cccc1C1=Nc2cc(CO)cc(I)c2C1. The van der Waals surface area contributed by atoms with Crippen molar-refractivity contribution in [2.45, 2.75) is 39.9 Å². The van der Waals surface area contributed by atoms with E-state index in [1.165, 1.54) is 20.3 Å². The standard InChI is InChI=1S/C17H13BrN2O.C16H13BrINO/c1-10-13(3-2-4-15(10)18)17-7-14-12(8-19)5-11(9-21)6-16(14)20-17;1-9-11(3-2-4-13(9)17)16-7-12-14(18)5-10(8-20)6-15(12)19-16/h2-6,21H,7,9H2,1H3;2-6,20H,7-8H2,1H3. The van der Waals surface area contributed by atoms with Crippen LogP contribution in [0.3, 0.4) is 0 Å². The van der Waals surface area contributed by atoms with E-state index in [9.17, 15) is 15.5 Å². The van der Waals surface area contributed by atoms with Gasteiger partial charge in [-0.05, 0) is 101 Å². The highest BCUT2D eigenvalue weighted by Gasteiger charge is 2.22. The molecule has 206 valence electrons. The lowest BCUT2D eigenvalue weighted by Crippen LogP contribution is -2.04. The molecule has 0 unspecified atom stereocenters. The van der Waals surface area contributed by atoms with Crippen molar-refractivity contribution in [1.82, 2.24) is 0 Å². The quantitative estimate of drug-likeness (QED) is 0.204. The maximum atomic E-state index is 9.30. The molecule has 2 aliphatic heterocycles. The Balaban J connectivity index is 0.000000165. The van der Waals surface area contributed by atoms with Crippen LogP contribution in [0.25, 0.3) is 0 Å². The second-order valence-electron chi connectivity index (χ2n) is 9.94. The third-order valence-electron chi connectivity index (χ3n) is 7.36. The fourth-order valence-corrected chi connectivity index (χ4v) is 6.69. The highest BCUT2D eigenvalue weighted by atomic mass is 127. The minimum absolute atomic E-state index is 0.0596. The van der Waals surface area contributed by atoms with E-state index in [1.807, 2.05) is 42.5 Å². The average Bonchev–Trinajstić information content (AvgIpc) is 3.60. The van der Waals surface area contributed by atoms with Crippen LogP contribution in [-0.2, 0) is 26.1 Å². The number of aliphatic hydroxyl groups excluding tert-OH is 2. The minimum atomic E-state index is -0.0806. The Morgan fingerprint density at radius 1 is 0.780 bits per heavy atom. The van der Waals surface area contributed by atoms with Crippen LogP contribution in [0.2, 0.25) is 0 Å². The van der Waals surface area contributed by atoms with Gasteiger partial charge in [0.15, 0.2) is 0 Å². The van der Waals surface area contributed by atoms with Crippen molar-refractivity contribution >= 4 is 77.2 Å². The normalized spacial score (nSPS) is 13.0. The van der Waals surface area contributed by atoms with Gasteiger partial charge in [0.05, 0.1) is 47.6 Å². The van der Waals surface area contributed by atoms with Crippen molar-refractivity contribution in [3.8, 4) is 6.07 Å². The van der Waals surface area contributed by atoms with Crippen LogP contribution in [0.15, 0.2) is 79.6 Å². The number of benzene rings is 4. The molecule has 0 fully saturated rings. The Kier molecular flexibility index (Phi) is 9.21. The third kappa shape index (κ3) is 6.11. The van der Waals surface area contributed by atoms with Crippen molar-refractivity contribution < 1.29 is 10.2 Å². The molecule has 0 spiro atoms.